The Labute approximate surface area is 328 Å². The van der Waals surface area contributed by atoms with E-state index in [0.717, 1.165) is 77.0 Å². The number of nitrogens with two attached hydrogens (primary N) is 1. The van der Waals surface area contributed by atoms with Crippen molar-refractivity contribution in [2.75, 3.05) is 6.54 Å². The fourth-order valence-electron chi connectivity index (χ4n) is 5.02. The smallest absolute Gasteiger partial charge is 0.326 e. The van der Waals surface area contributed by atoms with Crippen LogP contribution >= 0.6 is 0 Å². The summed E-state index contributed by atoms with van der Waals surface area (Å²) >= 11 is 0. The monoisotopic (exact) mass is 745 g/mol. The van der Waals surface area contributed by atoms with Crippen molar-refractivity contribution in [1.82, 2.24) is 5.32 Å². The van der Waals surface area contributed by atoms with E-state index in [1.807, 2.05) is 12.2 Å². The van der Waals surface area contributed by atoms with Gasteiger partial charge in [-0.15, -0.1) is 0 Å². The first-order chi connectivity index (χ1) is 26.4. The molecule has 0 fully saturated rings. The number of esters is 1. The van der Waals surface area contributed by atoms with Crippen molar-refractivity contribution in [3.05, 3.63) is 122 Å². The van der Waals surface area contributed by atoms with Crippen molar-refractivity contribution in [3.8, 4) is 0 Å². The summed E-state index contributed by atoms with van der Waals surface area (Å²) in [6.07, 6.45) is 56.7. The van der Waals surface area contributed by atoms with Crippen molar-refractivity contribution >= 4 is 17.8 Å². The predicted octanol–water partition coefficient (Wildman–Crippen LogP) is 11.4. The molecule has 0 aromatic rings. The van der Waals surface area contributed by atoms with E-state index in [1.54, 1.807) is 0 Å². The molecule has 7 heteroatoms. The number of allylic oxidation sites excluding steroid dienone is 19. The van der Waals surface area contributed by atoms with Crippen LogP contribution < -0.4 is 11.1 Å². The molecule has 2 atom stereocenters. The number of carbonyl (C=O) groups is 3. The highest BCUT2D eigenvalue weighted by Gasteiger charge is 2.19. The molecule has 0 aromatic carbocycles. The number of nitrogens with one attached hydrogen (secondary N) is 1. The van der Waals surface area contributed by atoms with Crippen LogP contribution in [0.4, 0.5) is 0 Å². The van der Waals surface area contributed by atoms with Crippen LogP contribution in [0, 0.1) is 0 Å². The highest BCUT2D eigenvalue weighted by molar-refractivity contribution is 5.83. The summed E-state index contributed by atoms with van der Waals surface area (Å²) in [6, 6.07) is -0.925. The normalized spacial score (nSPS) is 14.0. The van der Waals surface area contributed by atoms with Gasteiger partial charge in [0.2, 0.25) is 5.91 Å². The van der Waals surface area contributed by atoms with Crippen LogP contribution in [0.25, 0.3) is 0 Å². The minimum atomic E-state index is -1.05. The summed E-state index contributed by atoms with van der Waals surface area (Å²) in [5, 5.41) is 12.0. The van der Waals surface area contributed by atoms with Crippen molar-refractivity contribution in [3.63, 3.8) is 0 Å². The minimum absolute atomic E-state index is 0.214. The van der Waals surface area contributed by atoms with Gasteiger partial charge in [0.15, 0.2) is 0 Å². The molecule has 300 valence electrons. The van der Waals surface area contributed by atoms with Crippen molar-refractivity contribution < 1.29 is 24.2 Å². The van der Waals surface area contributed by atoms with Crippen LogP contribution in [-0.2, 0) is 19.1 Å². The zero-order valence-corrected chi connectivity index (χ0v) is 33.5. The molecule has 1 amide bonds. The average Bonchev–Trinajstić information content (AvgIpc) is 3.16. The molecule has 0 bridgehead atoms. The largest absolute Gasteiger partial charge is 0.480 e. The Morgan fingerprint density at radius 1 is 0.556 bits per heavy atom. The standard InChI is InChI=1S/C47H72N2O5/c1-3-5-7-9-11-13-15-17-19-20-21-23-25-27-29-31-33-41-46(51)54-43(38-34-35-40-45(50)49-44(47(52)53)39-36-42-48)37-32-30-28-26-24-22-18-16-14-12-10-8-6-4-2/h5-8,11-14,17-19,21-23,26-29,32,37,43-44H,3-4,9-10,15-16,20,24-25,30-31,33-36,38-42,48H2,1-2H3,(H,49,50)(H,52,53)/b7-5-,8-6-,13-11-,14-12-,19-17-,22-18-,23-21-,28-26-,29-27-,37-32-. The second-order valence-corrected chi connectivity index (χ2v) is 12.9. The maximum atomic E-state index is 12.7. The quantitative estimate of drug-likeness (QED) is 0.0343. The lowest BCUT2D eigenvalue weighted by molar-refractivity contribution is -0.147. The van der Waals surface area contributed by atoms with Crippen LogP contribution in [0.5, 0.6) is 0 Å². The number of amides is 1. The zero-order valence-electron chi connectivity index (χ0n) is 33.5. The number of carboxylic acids is 1. The molecular formula is C47H72N2O5. The van der Waals surface area contributed by atoms with Gasteiger partial charge in [0.05, 0.1) is 0 Å². The fraction of sp³-hybridized carbons (Fsp3) is 0.511. The average molecular weight is 745 g/mol. The van der Waals surface area contributed by atoms with Crippen LogP contribution in [0.3, 0.4) is 0 Å². The van der Waals surface area contributed by atoms with Crippen LogP contribution in [0.2, 0.25) is 0 Å². The first kappa shape index (κ1) is 49.8. The molecule has 54 heavy (non-hydrogen) atoms. The van der Waals surface area contributed by atoms with E-state index < -0.39 is 12.0 Å². The molecule has 0 aliphatic carbocycles. The van der Waals surface area contributed by atoms with E-state index >= 15 is 0 Å². The van der Waals surface area contributed by atoms with E-state index in [9.17, 15) is 19.5 Å². The second kappa shape index (κ2) is 40.0. The topological polar surface area (TPSA) is 119 Å². The number of carbonyl (C=O) groups excluding carboxylic acids is 2. The van der Waals surface area contributed by atoms with Gasteiger partial charge >= 0.3 is 11.9 Å². The maximum Gasteiger partial charge on any atom is 0.326 e. The summed E-state index contributed by atoms with van der Waals surface area (Å²) in [5.41, 5.74) is 5.49. The highest BCUT2D eigenvalue weighted by Crippen LogP contribution is 2.12. The van der Waals surface area contributed by atoms with Gasteiger partial charge in [-0.05, 0) is 122 Å². The minimum Gasteiger partial charge on any atom is -0.480 e. The van der Waals surface area contributed by atoms with Crippen LogP contribution in [-0.4, -0.2) is 41.6 Å². The third kappa shape index (κ3) is 36.1. The van der Waals surface area contributed by atoms with Crippen LogP contribution in [0.1, 0.15) is 136 Å². The molecule has 0 heterocycles. The molecule has 0 spiro atoms. The SMILES string of the molecule is CC/C=C\C/C=C\C/C=C\C/C=C\C/C=C\CCCC(=O)OC(/C=C\C/C=C\C/C=C\C/C=C\C/C=C\CC)CCCCC(=O)NC(CCCN)C(=O)O. The van der Waals surface area contributed by atoms with Gasteiger partial charge in [-0.25, -0.2) is 4.79 Å². The van der Waals surface area contributed by atoms with Gasteiger partial charge in [-0.1, -0.05) is 129 Å². The lowest BCUT2D eigenvalue weighted by Crippen LogP contribution is -2.40. The number of ether oxygens (including phenoxy) is 1. The second-order valence-electron chi connectivity index (χ2n) is 12.9. The van der Waals surface area contributed by atoms with Gasteiger partial charge in [0.1, 0.15) is 12.1 Å². The molecule has 7 nitrogen and oxygen atoms in total. The molecular weight excluding hydrogens is 673 g/mol. The number of hydrogen-bond acceptors (Lipinski definition) is 5. The Morgan fingerprint density at radius 2 is 1.00 bits per heavy atom. The summed E-state index contributed by atoms with van der Waals surface area (Å²) in [5.74, 6) is -1.57. The molecule has 0 saturated carbocycles. The molecule has 0 radical (unpaired) electrons. The maximum absolute atomic E-state index is 12.7. The first-order valence-electron chi connectivity index (χ1n) is 20.4. The van der Waals surface area contributed by atoms with E-state index in [0.29, 0.717) is 45.1 Å². The van der Waals surface area contributed by atoms with E-state index in [2.05, 4.69) is 129 Å². The molecule has 0 aliphatic rings. The summed E-state index contributed by atoms with van der Waals surface area (Å²) in [6.45, 7) is 4.65. The summed E-state index contributed by atoms with van der Waals surface area (Å²) in [4.78, 5) is 36.5. The lowest BCUT2D eigenvalue weighted by Gasteiger charge is -2.16. The fourth-order valence-corrected chi connectivity index (χ4v) is 5.02. The van der Waals surface area contributed by atoms with Gasteiger partial charge in [0.25, 0.3) is 0 Å². The van der Waals surface area contributed by atoms with Crippen LogP contribution in [0.15, 0.2) is 122 Å². The molecule has 4 N–H and O–H groups in total. The lowest BCUT2D eigenvalue weighted by atomic mass is 10.1. The molecule has 0 aromatic heterocycles. The van der Waals surface area contributed by atoms with Gasteiger partial charge in [-0.3, -0.25) is 9.59 Å². The van der Waals surface area contributed by atoms with Gasteiger partial charge < -0.3 is 20.9 Å². The number of carboxylic acid groups (broad SMARTS) is 1. The number of rotatable bonds is 34. The Morgan fingerprint density at radius 3 is 1.44 bits per heavy atom. The molecule has 0 aliphatic heterocycles. The van der Waals surface area contributed by atoms with Crippen molar-refractivity contribution in [1.29, 1.82) is 0 Å². The first-order valence-corrected chi connectivity index (χ1v) is 20.4. The molecule has 2 unspecified atom stereocenters. The number of aliphatic carboxylic acids is 1. The summed E-state index contributed by atoms with van der Waals surface area (Å²) in [7, 11) is 0. The summed E-state index contributed by atoms with van der Waals surface area (Å²) < 4.78 is 5.83. The Bertz CT molecular complexity index is 1250. The van der Waals surface area contributed by atoms with E-state index in [-0.39, 0.29) is 24.4 Å². The Kier molecular flexibility index (Phi) is 36.8. The number of hydrogen-bond donors (Lipinski definition) is 3. The van der Waals surface area contributed by atoms with Gasteiger partial charge in [-0.2, -0.15) is 0 Å². The van der Waals surface area contributed by atoms with E-state index in [4.69, 9.17) is 10.5 Å². The zero-order chi connectivity index (χ0) is 39.6. The number of unbranched alkanes of at least 4 members (excludes halogenated alkanes) is 2. The Hall–Kier alpha value is -4.23. The van der Waals surface area contributed by atoms with Crippen molar-refractivity contribution in [2.45, 2.75) is 148 Å². The molecule has 0 saturated heterocycles. The van der Waals surface area contributed by atoms with Gasteiger partial charge in [0, 0.05) is 12.8 Å². The third-order valence-electron chi connectivity index (χ3n) is 8.01. The molecule has 0 rings (SSSR count). The Balaban J connectivity index is 4.70. The third-order valence-corrected chi connectivity index (χ3v) is 8.01. The van der Waals surface area contributed by atoms with E-state index in [1.165, 1.54) is 0 Å². The predicted molar refractivity (Wildman–Crippen MR) is 229 cm³/mol. The highest BCUT2D eigenvalue weighted by atomic mass is 16.5. The van der Waals surface area contributed by atoms with Crippen molar-refractivity contribution in [2.24, 2.45) is 5.73 Å².